The summed E-state index contributed by atoms with van der Waals surface area (Å²) in [5.41, 5.74) is 2.43. The Morgan fingerprint density at radius 3 is 2.83 bits per heavy atom. The first kappa shape index (κ1) is 13.8. The number of nitrogens with one attached hydrogen (secondary N) is 1. The highest BCUT2D eigenvalue weighted by Gasteiger charge is 2.30. The Bertz CT molecular complexity index is 401. The first-order valence-corrected chi connectivity index (χ1v) is 6.91. The Morgan fingerprint density at radius 2 is 2.17 bits per heavy atom. The van der Waals surface area contributed by atoms with Crippen LogP contribution < -0.4 is 5.32 Å². The third-order valence-corrected chi connectivity index (χ3v) is 3.98. The van der Waals surface area contributed by atoms with Crippen LogP contribution in [0, 0.1) is 0 Å². The highest BCUT2D eigenvalue weighted by Crippen LogP contribution is 2.36. The maximum absolute atomic E-state index is 4.58. The van der Waals surface area contributed by atoms with Gasteiger partial charge in [-0.2, -0.15) is 0 Å². The molecule has 0 saturated carbocycles. The fourth-order valence-electron chi connectivity index (χ4n) is 3.07. The monoisotopic (exact) mass is 267 g/mol. The topological polar surface area (TPSA) is 37.8 Å². The molecule has 3 atom stereocenters. The second-order valence-electron chi connectivity index (χ2n) is 5.58. The number of unbranched alkanes of at least 4 members (excludes halogenated alkanes) is 1. The molecule has 1 saturated heterocycles. The zero-order chi connectivity index (χ0) is 11.8. The van der Waals surface area contributed by atoms with Crippen LogP contribution in [-0.4, -0.2) is 22.1 Å². The highest BCUT2D eigenvalue weighted by atomic mass is 35.5. The lowest BCUT2D eigenvalue weighted by Crippen LogP contribution is -2.43. The van der Waals surface area contributed by atoms with Crippen LogP contribution in [0.1, 0.15) is 57.6 Å². The molecule has 3 aliphatic rings. The molecule has 3 nitrogen and oxygen atoms in total. The van der Waals surface area contributed by atoms with E-state index in [4.69, 9.17) is 0 Å². The molecule has 0 amide bonds. The minimum atomic E-state index is 0. The molecule has 0 aromatic rings. The van der Waals surface area contributed by atoms with Crippen molar-refractivity contribution in [3.63, 3.8) is 0 Å². The fourth-order valence-corrected chi connectivity index (χ4v) is 3.07. The van der Waals surface area contributed by atoms with E-state index in [1.807, 2.05) is 0 Å². The first-order valence-electron chi connectivity index (χ1n) is 6.91. The molecule has 3 heterocycles. The number of hydrogen-bond donors (Lipinski definition) is 1. The summed E-state index contributed by atoms with van der Waals surface area (Å²) in [6, 6.07) is 3.49. The van der Waals surface area contributed by atoms with Crippen molar-refractivity contribution < 1.29 is 0 Å². The van der Waals surface area contributed by atoms with Gasteiger partial charge in [-0.1, -0.05) is 19.8 Å². The van der Waals surface area contributed by atoms with E-state index in [2.05, 4.69) is 35.2 Å². The molecule has 3 rings (SSSR count). The molecule has 3 aliphatic heterocycles. The summed E-state index contributed by atoms with van der Waals surface area (Å²) in [4.78, 5) is 8.75. The molecule has 1 N–H and O–H groups in total. The van der Waals surface area contributed by atoms with Gasteiger partial charge in [0.05, 0.1) is 0 Å². The van der Waals surface area contributed by atoms with Crippen molar-refractivity contribution in [3.05, 3.63) is 11.8 Å². The van der Waals surface area contributed by atoms with Crippen molar-refractivity contribution >= 4 is 12.4 Å². The van der Waals surface area contributed by atoms with Gasteiger partial charge in [0, 0.05) is 23.7 Å². The van der Waals surface area contributed by atoms with Gasteiger partial charge in [-0.3, -0.25) is 0 Å². The molecule has 1 fully saturated rings. The number of halogens is 1. The predicted molar refractivity (Wildman–Crippen MR) is 76.2 cm³/mol. The van der Waals surface area contributed by atoms with Gasteiger partial charge in [0.25, 0.3) is 0 Å². The van der Waals surface area contributed by atoms with Gasteiger partial charge >= 0.3 is 0 Å². The first-order chi connectivity index (χ1) is 8.26. The van der Waals surface area contributed by atoms with E-state index in [1.165, 1.54) is 37.8 Å². The van der Waals surface area contributed by atoms with E-state index < -0.39 is 0 Å². The molecule has 4 heteroatoms. The van der Waals surface area contributed by atoms with Crippen molar-refractivity contribution in [2.24, 2.45) is 0 Å². The van der Waals surface area contributed by atoms with Crippen LogP contribution in [0.2, 0.25) is 0 Å². The van der Waals surface area contributed by atoms with Crippen LogP contribution in [0.4, 0.5) is 0 Å². The van der Waals surface area contributed by atoms with Crippen molar-refractivity contribution in [2.75, 3.05) is 0 Å². The Balaban J connectivity index is 0.00000120. The van der Waals surface area contributed by atoms with Gasteiger partial charge in [-0.15, -0.1) is 12.4 Å². The number of piperidine rings is 1. The fraction of sp³-hybridized carbons (Fsp3) is 0.714. The van der Waals surface area contributed by atoms with E-state index in [-0.39, 0.29) is 12.4 Å². The molecule has 0 spiro atoms. The van der Waals surface area contributed by atoms with Gasteiger partial charge in [0.15, 0.2) is 5.82 Å². The minimum absolute atomic E-state index is 0. The number of aromatic nitrogens is 2. The van der Waals surface area contributed by atoms with E-state index >= 15 is 0 Å². The molecule has 0 aliphatic carbocycles. The zero-order valence-corrected chi connectivity index (χ0v) is 12.0. The molecule has 3 unspecified atom stereocenters. The summed E-state index contributed by atoms with van der Waals surface area (Å²) in [5, 5.41) is 3.72. The van der Waals surface area contributed by atoms with Crippen LogP contribution in [0.25, 0.3) is 11.5 Å². The van der Waals surface area contributed by atoms with Gasteiger partial charge < -0.3 is 5.32 Å². The Morgan fingerprint density at radius 1 is 1.33 bits per heavy atom. The molecule has 0 radical (unpaired) electrons. The van der Waals surface area contributed by atoms with Gasteiger partial charge in [-0.05, 0) is 32.3 Å². The van der Waals surface area contributed by atoms with Gasteiger partial charge in [-0.25, -0.2) is 9.97 Å². The van der Waals surface area contributed by atoms with E-state index in [0.717, 1.165) is 11.5 Å². The van der Waals surface area contributed by atoms with Crippen LogP contribution in [0.15, 0.2) is 6.07 Å². The van der Waals surface area contributed by atoms with Crippen LogP contribution in [0.5, 0.6) is 0 Å². The van der Waals surface area contributed by atoms with Crippen molar-refractivity contribution in [3.8, 4) is 11.5 Å². The summed E-state index contributed by atoms with van der Waals surface area (Å²) < 4.78 is 0. The van der Waals surface area contributed by atoms with Gasteiger partial charge in [0.2, 0.25) is 0 Å². The van der Waals surface area contributed by atoms with E-state index in [1.54, 1.807) is 0 Å². The summed E-state index contributed by atoms with van der Waals surface area (Å²) >= 11 is 0. The molecule has 0 bridgehead atoms. The number of rotatable bonds is 4. The molecule has 18 heavy (non-hydrogen) atoms. The molecular weight excluding hydrogens is 246 g/mol. The second kappa shape index (κ2) is 5.54. The van der Waals surface area contributed by atoms with Crippen LogP contribution in [-0.2, 0) is 0 Å². The van der Waals surface area contributed by atoms with E-state index in [0.29, 0.717) is 18.0 Å². The molecule has 0 aromatic heterocycles. The van der Waals surface area contributed by atoms with Crippen molar-refractivity contribution in [1.82, 2.24) is 15.3 Å². The van der Waals surface area contributed by atoms with Crippen molar-refractivity contribution in [2.45, 2.75) is 64.0 Å². The normalized spacial score (nSPS) is 28.7. The number of fused-ring (bicyclic) bond motifs is 1. The Kier molecular flexibility index (Phi) is 4.23. The van der Waals surface area contributed by atoms with Crippen LogP contribution in [0.3, 0.4) is 0 Å². The predicted octanol–water partition coefficient (Wildman–Crippen LogP) is 3.29. The quantitative estimate of drug-likeness (QED) is 0.924. The lowest BCUT2D eigenvalue weighted by molar-refractivity contribution is 0.284. The van der Waals surface area contributed by atoms with Crippen LogP contribution >= 0.6 is 12.4 Å². The largest absolute Gasteiger partial charge is 0.311 e. The van der Waals surface area contributed by atoms with Crippen molar-refractivity contribution in [1.29, 1.82) is 0 Å². The maximum atomic E-state index is 4.58. The third kappa shape index (κ3) is 2.83. The SMILES string of the molecule is CCCCC1CC(c2cc3nc-3n2)CC(C)N1.Cl. The van der Waals surface area contributed by atoms with Gasteiger partial charge in [0.1, 0.15) is 5.69 Å². The third-order valence-electron chi connectivity index (χ3n) is 3.98. The smallest absolute Gasteiger partial charge is 0.179 e. The number of hydrogen-bond acceptors (Lipinski definition) is 3. The second-order valence-corrected chi connectivity index (χ2v) is 5.58. The molecule has 0 aromatic carbocycles. The highest BCUT2D eigenvalue weighted by molar-refractivity contribution is 5.85. The maximum Gasteiger partial charge on any atom is 0.179 e. The Labute approximate surface area is 115 Å². The summed E-state index contributed by atoms with van der Waals surface area (Å²) in [7, 11) is 0. The van der Waals surface area contributed by atoms with E-state index in [9.17, 15) is 0 Å². The summed E-state index contributed by atoms with van der Waals surface area (Å²) in [6.07, 6.45) is 6.40. The zero-order valence-electron chi connectivity index (χ0n) is 11.1. The molecular formula is C14H22ClN3. The lowest BCUT2D eigenvalue weighted by atomic mass is 9.84. The average Bonchev–Trinajstić information content (AvgIpc) is 2.93. The number of nitrogens with zero attached hydrogens (tertiary/aromatic N) is 2. The summed E-state index contributed by atoms with van der Waals surface area (Å²) in [5.74, 6) is 1.65. The minimum Gasteiger partial charge on any atom is -0.311 e. The lowest BCUT2D eigenvalue weighted by Gasteiger charge is -2.34. The summed E-state index contributed by atoms with van der Waals surface area (Å²) in [6.45, 7) is 4.56. The Hall–Kier alpha value is -0.670. The standard InChI is InChI=1S/C14H21N3.ClH/c1-3-4-5-11-7-10(6-9(2)15-11)12-8-13-14(16-12)17-13;/h8-11,15H,3-7H2,1-2H3;1H. The average molecular weight is 268 g/mol. The molecule has 100 valence electrons.